The van der Waals surface area contributed by atoms with Gasteiger partial charge in [-0.1, -0.05) is 43.7 Å². The van der Waals surface area contributed by atoms with E-state index in [1.54, 1.807) is 75.4 Å². The standard InChI is InChI=1S/C26H28N2O6S/c1-5-6-14-28-24(29)22(23(35(28,31)32)17-10-8-7-9-11-17)27-19-13-12-18-15-21(33-20(18)16-19)25(30)34-26(2,3)4/h7-13,15-16,27H,5-6,14H2,1-4H3. The number of carbonyl (C=O) groups excluding carboxylic acids is 2. The van der Waals surface area contributed by atoms with Crippen LogP contribution in [0.1, 0.15) is 56.7 Å². The van der Waals surface area contributed by atoms with Crippen LogP contribution in [0.4, 0.5) is 5.69 Å². The second-order valence-electron chi connectivity index (χ2n) is 9.30. The van der Waals surface area contributed by atoms with Crippen LogP contribution in [-0.4, -0.2) is 36.7 Å². The van der Waals surface area contributed by atoms with Gasteiger partial charge >= 0.3 is 5.97 Å². The number of hydrogen-bond donors (Lipinski definition) is 1. The molecule has 3 aromatic rings. The van der Waals surface area contributed by atoms with Crippen molar-refractivity contribution in [3.8, 4) is 0 Å². The van der Waals surface area contributed by atoms with E-state index in [1.165, 1.54) is 0 Å². The molecule has 9 heteroatoms. The van der Waals surface area contributed by atoms with Gasteiger partial charge in [-0.2, -0.15) is 0 Å². The van der Waals surface area contributed by atoms with Gasteiger partial charge in [-0.25, -0.2) is 17.5 Å². The van der Waals surface area contributed by atoms with E-state index < -0.39 is 27.5 Å². The van der Waals surface area contributed by atoms with Crippen LogP contribution in [0.2, 0.25) is 0 Å². The molecule has 0 atom stereocenters. The van der Waals surface area contributed by atoms with Crippen LogP contribution in [0.25, 0.3) is 15.9 Å². The fourth-order valence-corrected chi connectivity index (χ4v) is 5.50. The fraction of sp³-hybridized carbons (Fsp3) is 0.308. The van der Waals surface area contributed by atoms with E-state index in [-0.39, 0.29) is 22.9 Å². The van der Waals surface area contributed by atoms with Gasteiger partial charge in [-0.3, -0.25) is 4.79 Å². The third-order valence-corrected chi connectivity index (χ3v) is 7.24. The molecule has 0 aliphatic carbocycles. The van der Waals surface area contributed by atoms with Gasteiger partial charge in [-0.15, -0.1) is 0 Å². The number of nitrogens with one attached hydrogen (secondary N) is 1. The van der Waals surface area contributed by atoms with E-state index in [0.717, 1.165) is 10.7 Å². The number of rotatable bonds is 7. The third-order valence-electron chi connectivity index (χ3n) is 5.36. The van der Waals surface area contributed by atoms with Crippen LogP contribution in [0, 0.1) is 0 Å². The number of furan rings is 1. The monoisotopic (exact) mass is 496 g/mol. The molecule has 1 aliphatic rings. The Morgan fingerprint density at radius 3 is 2.46 bits per heavy atom. The van der Waals surface area contributed by atoms with Gasteiger partial charge in [0.25, 0.3) is 15.9 Å². The van der Waals surface area contributed by atoms with Gasteiger partial charge in [0, 0.05) is 23.7 Å². The van der Waals surface area contributed by atoms with Gasteiger partial charge in [0.2, 0.25) is 5.76 Å². The van der Waals surface area contributed by atoms with Crippen molar-refractivity contribution >= 4 is 43.5 Å². The van der Waals surface area contributed by atoms with Gasteiger partial charge in [0.1, 0.15) is 21.8 Å². The Labute approximate surface area is 204 Å². The summed E-state index contributed by atoms with van der Waals surface area (Å²) in [6, 6.07) is 15.2. The number of carbonyl (C=O) groups is 2. The summed E-state index contributed by atoms with van der Waals surface area (Å²) in [7, 11) is -4.02. The number of sulfonamides is 1. The molecule has 0 fully saturated rings. The molecule has 0 radical (unpaired) electrons. The molecule has 0 unspecified atom stereocenters. The number of anilines is 1. The summed E-state index contributed by atoms with van der Waals surface area (Å²) in [6.45, 7) is 7.34. The van der Waals surface area contributed by atoms with Crippen molar-refractivity contribution in [2.45, 2.75) is 46.1 Å². The molecule has 2 heterocycles. The first-order valence-electron chi connectivity index (χ1n) is 11.4. The molecule has 35 heavy (non-hydrogen) atoms. The number of unbranched alkanes of at least 4 members (excludes halogenated alkanes) is 1. The zero-order valence-corrected chi connectivity index (χ0v) is 20.9. The number of nitrogens with zero attached hydrogens (tertiary/aromatic N) is 1. The van der Waals surface area contributed by atoms with Crippen molar-refractivity contribution in [1.29, 1.82) is 0 Å². The molecule has 1 N–H and O–H groups in total. The molecule has 1 aromatic heterocycles. The zero-order valence-electron chi connectivity index (χ0n) is 20.1. The summed E-state index contributed by atoms with van der Waals surface area (Å²) < 4.78 is 38.7. The average molecular weight is 497 g/mol. The van der Waals surface area contributed by atoms with Crippen molar-refractivity contribution < 1.29 is 27.2 Å². The van der Waals surface area contributed by atoms with Crippen LogP contribution in [0.5, 0.6) is 0 Å². The molecule has 0 saturated heterocycles. The lowest BCUT2D eigenvalue weighted by atomic mass is 10.1. The predicted octanol–water partition coefficient (Wildman–Crippen LogP) is 5.14. The predicted molar refractivity (Wildman–Crippen MR) is 134 cm³/mol. The molecule has 184 valence electrons. The molecule has 2 aromatic carbocycles. The van der Waals surface area contributed by atoms with Crippen molar-refractivity contribution in [2.75, 3.05) is 11.9 Å². The highest BCUT2D eigenvalue weighted by atomic mass is 32.2. The highest BCUT2D eigenvalue weighted by Gasteiger charge is 2.44. The van der Waals surface area contributed by atoms with Crippen LogP contribution < -0.4 is 5.32 Å². The maximum atomic E-state index is 13.4. The second kappa shape index (κ2) is 9.22. The van der Waals surface area contributed by atoms with Crippen molar-refractivity contribution in [2.24, 2.45) is 0 Å². The third kappa shape index (κ3) is 4.95. The van der Waals surface area contributed by atoms with E-state index in [4.69, 9.17) is 9.15 Å². The zero-order chi connectivity index (χ0) is 25.4. The van der Waals surface area contributed by atoms with Crippen LogP contribution in [0.3, 0.4) is 0 Å². The Morgan fingerprint density at radius 2 is 1.80 bits per heavy atom. The van der Waals surface area contributed by atoms with Gasteiger partial charge in [-0.05, 0) is 51.0 Å². The number of hydrogen-bond acceptors (Lipinski definition) is 7. The van der Waals surface area contributed by atoms with Crippen LogP contribution >= 0.6 is 0 Å². The molecular formula is C26H28N2O6S. The molecule has 1 aliphatic heterocycles. The quantitative estimate of drug-likeness (QED) is 0.451. The molecule has 4 rings (SSSR count). The fourth-order valence-electron chi connectivity index (χ4n) is 3.77. The molecule has 8 nitrogen and oxygen atoms in total. The first-order chi connectivity index (χ1) is 16.5. The van der Waals surface area contributed by atoms with Gasteiger partial charge in [0.05, 0.1) is 0 Å². The van der Waals surface area contributed by atoms with E-state index in [9.17, 15) is 18.0 Å². The van der Waals surface area contributed by atoms with Crippen LogP contribution in [-0.2, 0) is 19.6 Å². The van der Waals surface area contributed by atoms with Gasteiger partial charge in [0.15, 0.2) is 0 Å². The van der Waals surface area contributed by atoms with E-state index >= 15 is 0 Å². The number of ether oxygens (including phenoxy) is 1. The number of amides is 1. The average Bonchev–Trinajstić information content (AvgIpc) is 3.28. The lowest BCUT2D eigenvalue weighted by molar-refractivity contribution is -0.122. The highest BCUT2D eigenvalue weighted by Crippen LogP contribution is 2.37. The van der Waals surface area contributed by atoms with E-state index in [1.807, 2.05) is 6.92 Å². The summed E-state index contributed by atoms with van der Waals surface area (Å²) in [6.07, 6.45) is 1.31. The Balaban J connectivity index is 1.72. The Kier molecular flexibility index (Phi) is 6.46. The molecule has 1 amide bonds. The minimum Gasteiger partial charge on any atom is -0.454 e. The van der Waals surface area contributed by atoms with Crippen LogP contribution in [0.15, 0.2) is 64.7 Å². The molecule has 0 saturated carbocycles. The summed E-state index contributed by atoms with van der Waals surface area (Å²) in [4.78, 5) is 25.6. The van der Waals surface area contributed by atoms with Crippen molar-refractivity contribution in [3.05, 3.63) is 71.6 Å². The number of fused-ring (bicyclic) bond motifs is 1. The minimum atomic E-state index is -4.02. The maximum absolute atomic E-state index is 13.4. The van der Waals surface area contributed by atoms with E-state index in [2.05, 4.69) is 5.32 Å². The van der Waals surface area contributed by atoms with E-state index in [0.29, 0.717) is 28.6 Å². The SMILES string of the molecule is CCCCN1C(=O)C(Nc2ccc3cc(C(=O)OC(C)(C)C)oc3c2)=C(c2ccccc2)S1(=O)=O. The molecular weight excluding hydrogens is 468 g/mol. The first-order valence-corrected chi connectivity index (χ1v) is 12.9. The number of benzene rings is 2. The lowest BCUT2D eigenvalue weighted by Gasteiger charge is -2.18. The summed E-state index contributed by atoms with van der Waals surface area (Å²) in [5, 5.41) is 3.67. The molecule has 0 spiro atoms. The maximum Gasteiger partial charge on any atom is 0.374 e. The topological polar surface area (TPSA) is 106 Å². The normalized spacial score (nSPS) is 15.7. The summed E-state index contributed by atoms with van der Waals surface area (Å²) >= 11 is 0. The van der Waals surface area contributed by atoms with Gasteiger partial charge < -0.3 is 14.5 Å². The summed E-state index contributed by atoms with van der Waals surface area (Å²) in [5.74, 6) is -1.13. The second-order valence-corrected chi connectivity index (χ2v) is 11.1. The Bertz CT molecular complexity index is 1420. The largest absolute Gasteiger partial charge is 0.454 e. The van der Waals surface area contributed by atoms with Crippen molar-refractivity contribution in [3.63, 3.8) is 0 Å². The minimum absolute atomic E-state index is 0.0226. The number of esters is 1. The Morgan fingerprint density at radius 1 is 1.09 bits per heavy atom. The first kappa shape index (κ1) is 24.5. The Hall–Kier alpha value is -3.59. The summed E-state index contributed by atoms with van der Waals surface area (Å²) in [5.41, 5.74) is 0.584. The lowest BCUT2D eigenvalue weighted by Crippen LogP contribution is -2.33. The molecule has 0 bridgehead atoms. The van der Waals surface area contributed by atoms with Crippen molar-refractivity contribution in [1.82, 2.24) is 4.31 Å². The highest BCUT2D eigenvalue weighted by molar-refractivity contribution is 7.99. The smallest absolute Gasteiger partial charge is 0.374 e.